The molecule has 2 heterocycles. The molecule has 0 unspecified atom stereocenters. The molecule has 0 amide bonds. The Labute approximate surface area is 121 Å². The number of aliphatic hydroxyl groups excluding tert-OH is 1. The first-order valence-electron chi connectivity index (χ1n) is 7.77. The van der Waals surface area contributed by atoms with E-state index in [4.69, 9.17) is 4.74 Å². The van der Waals surface area contributed by atoms with E-state index in [1.54, 1.807) is 0 Å². The molecular formula is C15H28N2O3. The minimum atomic E-state index is -0.246. The summed E-state index contributed by atoms with van der Waals surface area (Å²) in [6, 6.07) is -0.0551. The number of esters is 1. The number of piperidine rings is 1. The van der Waals surface area contributed by atoms with Crippen molar-refractivity contribution in [2.75, 3.05) is 33.2 Å². The number of hydrogen-bond donors (Lipinski definition) is 1. The second-order valence-corrected chi connectivity index (χ2v) is 6.53. The summed E-state index contributed by atoms with van der Waals surface area (Å²) in [5, 5.41) is 9.41. The van der Waals surface area contributed by atoms with Crippen LogP contribution in [-0.4, -0.2) is 72.4 Å². The fourth-order valence-electron chi connectivity index (χ4n) is 3.36. The van der Waals surface area contributed by atoms with Crippen molar-refractivity contribution < 1.29 is 14.6 Å². The van der Waals surface area contributed by atoms with Crippen molar-refractivity contribution >= 4 is 5.97 Å². The van der Waals surface area contributed by atoms with Gasteiger partial charge in [-0.2, -0.15) is 0 Å². The van der Waals surface area contributed by atoms with Crippen LogP contribution in [0.5, 0.6) is 0 Å². The summed E-state index contributed by atoms with van der Waals surface area (Å²) in [5.41, 5.74) is 0. The van der Waals surface area contributed by atoms with Crippen molar-refractivity contribution in [2.24, 2.45) is 5.92 Å². The number of hydrogen-bond acceptors (Lipinski definition) is 5. The van der Waals surface area contributed by atoms with E-state index < -0.39 is 0 Å². The van der Waals surface area contributed by atoms with Crippen LogP contribution in [0.25, 0.3) is 0 Å². The number of rotatable bonds is 5. The Hall–Kier alpha value is -0.650. The van der Waals surface area contributed by atoms with Gasteiger partial charge in [-0.15, -0.1) is 0 Å². The third kappa shape index (κ3) is 4.17. The maximum Gasteiger partial charge on any atom is 0.323 e. The van der Waals surface area contributed by atoms with Gasteiger partial charge < -0.3 is 14.7 Å². The number of β-amino-alcohol motifs (C(OH)–C–C–N with tert-alkyl or cyclic N) is 1. The Morgan fingerprint density at radius 3 is 2.60 bits per heavy atom. The van der Waals surface area contributed by atoms with Crippen LogP contribution in [-0.2, 0) is 9.53 Å². The fourth-order valence-corrected chi connectivity index (χ4v) is 3.36. The Morgan fingerprint density at radius 1 is 1.45 bits per heavy atom. The molecule has 5 nitrogen and oxygen atoms in total. The third-order valence-corrected chi connectivity index (χ3v) is 4.45. The number of carbonyl (C=O) groups excluding carboxylic acids is 1. The summed E-state index contributed by atoms with van der Waals surface area (Å²) in [7, 11) is 2.03. The molecule has 1 N–H and O–H groups in total. The van der Waals surface area contributed by atoms with Crippen molar-refractivity contribution in [2.45, 2.75) is 51.4 Å². The van der Waals surface area contributed by atoms with Gasteiger partial charge in [0.25, 0.3) is 0 Å². The molecule has 0 saturated carbocycles. The number of nitrogens with zero attached hydrogens (tertiary/aromatic N) is 2. The predicted molar refractivity (Wildman–Crippen MR) is 77.4 cm³/mol. The molecule has 0 bridgehead atoms. The number of likely N-dealkylation sites (tertiary alicyclic amines) is 1. The molecule has 20 heavy (non-hydrogen) atoms. The van der Waals surface area contributed by atoms with E-state index in [1.165, 1.54) is 0 Å². The zero-order valence-electron chi connectivity index (χ0n) is 12.9. The highest BCUT2D eigenvalue weighted by Gasteiger charge is 2.35. The molecule has 0 aromatic rings. The summed E-state index contributed by atoms with van der Waals surface area (Å²) in [4.78, 5) is 16.2. The second kappa shape index (κ2) is 6.87. The third-order valence-electron chi connectivity index (χ3n) is 4.45. The van der Waals surface area contributed by atoms with Crippen LogP contribution in [0.4, 0.5) is 0 Å². The fraction of sp³-hybridized carbons (Fsp3) is 0.933. The highest BCUT2D eigenvalue weighted by molar-refractivity contribution is 5.77. The van der Waals surface area contributed by atoms with Crippen LogP contribution in [0.3, 0.4) is 0 Å². The molecule has 2 aliphatic heterocycles. The van der Waals surface area contributed by atoms with Crippen LogP contribution >= 0.6 is 0 Å². The Balaban J connectivity index is 1.73. The molecule has 0 spiro atoms. The highest BCUT2D eigenvalue weighted by Crippen LogP contribution is 2.23. The van der Waals surface area contributed by atoms with Gasteiger partial charge in [0.05, 0.1) is 6.10 Å². The van der Waals surface area contributed by atoms with E-state index in [2.05, 4.69) is 9.80 Å². The van der Waals surface area contributed by atoms with Gasteiger partial charge >= 0.3 is 5.97 Å². The van der Waals surface area contributed by atoms with E-state index in [9.17, 15) is 9.90 Å². The van der Waals surface area contributed by atoms with Crippen LogP contribution in [0.1, 0.15) is 33.1 Å². The second-order valence-electron chi connectivity index (χ2n) is 6.53. The molecule has 2 fully saturated rings. The van der Waals surface area contributed by atoms with E-state index in [-0.39, 0.29) is 24.2 Å². The van der Waals surface area contributed by atoms with Crippen molar-refractivity contribution in [3.63, 3.8) is 0 Å². The van der Waals surface area contributed by atoms with Gasteiger partial charge in [0.1, 0.15) is 12.1 Å². The monoisotopic (exact) mass is 284 g/mol. The lowest BCUT2D eigenvalue weighted by atomic mass is 9.95. The highest BCUT2D eigenvalue weighted by atomic mass is 16.6. The van der Waals surface area contributed by atoms with Gasteiger partial charge in [-0.25, -0.2) is 0 Å². The van der Waals surface area contributed by atoms with Crippen LogP contribution < -0.4 is 0 Å². The molecule has 116 valence electrons. The number of cyclic esters (lactones) is 1. The zero-order chi connectivity index (χ0) is 14.7. The van der Waals surface area contributed by atoms with E-state index in [0.29, 0.717) is 5.92 Å². The molecule has 2 saturated heterocycles. The maximum atomic E-state index is 11.7. The lowest BCUT2D eigenvalue weighted by molar-refractivity contribution is -0.144. The minimum Gasteiger partial charge on any atom is -0.461 e. The van der Waals surface area contributed by atoms with Crippen LogP contribution in [0, 0.1) is 5.92 Å². The number of ether oxygens (including phenoxy) is 1. The Kier molecular flexibility index (Phi) is 5.41. The first-order chi connectivity index (χ1) is 9.45. The molecule has 0 aromatic carbocycles. The van der Waals surface area contributed by atoms with Gasteiger partial charge in [-0.05, 0) is 52.7 Å². The SMILES string of the molecule is C[C@H](O)CN1CCC(CN(C)[C@H]2C[C@@H](C)OC2=O)CC1. The average molecular weight is 284 g/mol. The Bertz CT molecular complexity index is 327. The number of carbonyl (C=O) groups is 1. The lowest BCUT2D eigenvalue weighted by Crippen LogP contribution is -2.43. The molecule has 2 aliphatic rings. The summed E-state index contributed by atoms with van der Waals surface area (Å²) in [6.45, 7) is 7.64. The number of aliphatic hydroxyl groups is 1. The van der Waals surface area contributed by atoms with Gasteiger partial charge in [0.15, 0.2) is 0 Å². The van der Waals surface area contributed by atoms with E-state index in [0.717, 1.165) is 45.4 Å². The molecule has 5 heteroatoms. The lowest BCUT2D eigenvalue weighted by Gasteiger charge is -2.35. The molecule has 0 aliphatic carbocycles. The smallest absolute Gasteiger partial charge is 0.323 e. The van der Waals surface area contributed by atoms with Gasteiger partial charge in [0.2, 0.25) is 0 Å². The normalized spacial score (nSPS) is 30.8. The van der Waals surface area contributed by atoms with Gasteiger partial charge in [-0.3, -0.25) is 9.69 Å². The van der Waals surface area contributed by atoms with Gasteiger partial charge in [0, 0.05) is 19.5 Å². The maximum absolute atomic E-state index is 11.7. The van der Waals surface area contributed by atoms with Gasteiger partial charge in [-0.1, -0.05) is 0 Å². The Morgan fingerprint density at radius 2 is 2.10 bits per heavy atom. The molecule has 2 rings (SSSR count). The summed E-state index contributed by atoms with van der Waals surface area (Å²) >= 11 is 0. The average Bonchev–Trinajstić information content (AvgIpc) is 2.70. The van der Waals surface area contributed by atoms with E-state index >= 15 is 0 Å². The summed E-state index contributed by atoms with van der Waals surface area (Å²) < 4.78 is 5.23. The number of likely N-dealkylation sites (N-methyl/N-ethyl adjacent to an activating group) is 1. The molecular weight excluding hydrogens is 256 g/mol. The summed E-state index contributed by atoms with van der Waals surface area (Å²) in [6.07, 6.45) is 2.92. The molecule has 3 atom stereocenters. The zero-order valence-corrected chi connectivity index (χ0v) is 12.9. The van der Waals surface area contributed by atoms with Crippen molar-refractivity contribution in [3.8, 4) is 0 Å². The standard InChI is InChI=1S/C15H28N2O3/c1-11(18)9-17-6-4-13(5-7-17)10-16(3)14-8-12(2)20-15(14)19/h11-14,18H,4-10H2,1-3H3/t11-,12+,14-/m0/s1. The summed E-state index contributed by atoms with van der Waals surface area (Å²) in [5.74, 6) is 0.584. The van der Waals surface area contributed by atoms with Crippen molar-refractivity contribution in [1.82, 2.24) is 9.80 Å². The minimum absolute atomic E-state index is 0.0551. The first-order valence-corrected chi connectivity index (χ1v) is 7.77. The molecule has 0 aromatic heterocycles. The molecule has 0 radical (unpaired) electrons. The van der Waals surface area contributed by atoms with Crippen LogP contribution in [0.15, 0.2) is 0 Å². The van der Waals surface area contributed by atoms with E-state index in [1.807, 2.05) is 20.9 Å². The first kappa shape index (κ1) is 15.7. The van der Waals surface area contributed by atoms with Crippen molar-refractivity contribution in [3.05, 3.63) is 0 Å². The van der Waals surface area contributed by atoms with Crippen molar-refractivity contribution in [1.29, 1.82) is 0 Å². The largest absolute Gasteiger partial charge is 0.461 e. The topological polar surface area (TPSA) is 53.0 Å². The van der Waals surface area contributed by atoms with Crippen LogP contribution in [0.2, 0.25) is 0 Å². The predicted octanol–water partition coefficient (Wildman–Crippen LogP) is 0.715. The quantitative estimate of drug-likeness (QED) is 0.754.